The number of Topliss-reactive ketones (excluding diaryl/α,β-unsaturated/α-hetero) is 1. The van der Waals surface area contributed by atoms with Crippen LogP contribution in [-0.4, -0.2) is 63.7 Å². The van der Waals surface area contributed by atoms with Gasteiger partial charge in [0.15, 0.2) is 5.01 Å². The molecule has 10 heteroatoms. The second-order valence-corrected chi connectivity index (χ2v) is 15.1. The molecule has 0 radical (unpaired) electrons. The smallest absolute Gasteiger partial charge is 0.315 e. The molecule has 1 aromatic heterocycles. The summed E-state index contributed by atoms with van der Waals surface area (Å²) >= 11 is 1.35. The predicted molar refractivity (Wildman–Crippen MR) is 166 cm³/mol. The summed E-state index contributed by atoms with van der Waals surface area (Å²) in [4.78, 5) is 60.4. The molecule has 0 spiro atoms. The van der Waals surface area contributed by atoms with Crippen LogP contribution in [0.2, 0.25) is 0 Å². The lowest BCUT2D eigenvalue weighted by atomic mass is 9.80. The van der Waals surface area contributed by atoms with Gasteiger partial charge in [0.05, 0.1) is 22.8 Å². The Morgan fingerprint density at radius 1 is 0.952 bits per heavy atom. The zero-order valence-corrected chi connectivity index (χ0v) is 26.7. The van der Waals surface area contributed by atoms with Crippen molar-refractivity contribution in [2.24, 2.45) is 11.3 Å². The lowest BCUT2D eigenvalue weighted by Gasteiger charge is -2.38. The lowest BCUT2D eigenvalue weighted by molar-refractivity contribution is -0.142. The molecule has 2 atom stereocenters. The number of benzene rings is 1. The molecule has 2 aromatic rings. The van der Waals surface area contributed by atoms with Crippen LogP contribution in [0, 0.1) is 11.3 Å². The maximum absolute atomic E-state index is 14.1. The summed E-state index contributed by atoms with van der Waals surface area (Å²) < 4.78 is 0.934. The monoisotopic (exact) mass is 597 g/mol. The van der Waals surface area contributed by atoms with E-state index in [0.29, 0.717) is 17.3 Å². The number of rotatable bonds is 10. The van der Waals surface area contributed by atoms with E-state index in [2.05, 4.69) is 20.9 Å². The van der Waals surface area contributed by atoms with Gasteiger partial charge < -0.3 is 20.9 Å². The van der Waals surface area contributed by atoms with Gasteiger partial charge in [0.1, 0.15) is 6.04 Å². The van der Waals surface area contributed by atoms with Crippen LogP contribution in [0.1, 0.15) is 103 Å². The standard InChI is InChI=1S/C32H47N5O4S/c1-31(2,3)27(35-30(41)36-32(4,5)6)29(40)37(21-14-7-8-15-21)19-25(38)33-23(18-20-12-11-13-20)26(39)28-34-22-16-9-10-17-24(22)42-28/h9-10,16-17,20-21,23,27H,7-8,11-15,18-19H2,1-6H3,(H,33,38)(H2,35,36,41)/t23?,27-/m1/s1. The van der Waals surface area contributed by atoms with Gasteiger partial charge in [0.25, 0.3) is 0 Å². The van der Waals surface area contributed by atoms with Crippen LogP contribution in [-0.2, 0) is 9.59 Å². The first-order valence-electron chi connectivity index (χ1n) is 15.3. The fourth-order valence-corrected chi connectivity index (χ4v) is 6.70. The van der Waals surface area contributed by atoms with Gasteiger partial charge in [0.2, 0.25) is 17.6 Å². The zero-order valence-electron chi connectivity index (χ0n) is 25.9. The second-order valence-electron chi connectivity index (χ2n) is 14.1. The number of amides is 4. The van der Waals surface area contributed by atoms with Gasteiger partial charge in [-0.2, -0.15) is 0 Å². The number of para-hydroxylation sites is 1. The molecule has 1 unspecified atom stereocenters. The minimum Gasteiger partial charge on any atom is -0.344 e. The molecule has 2 fully saturated rings. The molecule has 4 rings (SSSR count). The number of nitrogens with zero attached hydrogens (tertiary/aromatic N) is 2. The maximum atomic E-state index is 14.1. The van der Waals surface area contributed by atoms with Crippen LogP contribution in [0.25, 0.3) is 10.2 Å². The number of nitrogens with one attached hydrogen (secondary N) is 3. The summed E-state index contributed by atoms with van der Waals surface area (Å²) in [5.41, 5.74) is -0.282. The molecule has 2 saturated carbocycles. The fraction of sp³-hybridized carbons (Fsp3) is 0.656. The van der Waals surface area contributed by atoms with E-state index < -0.39 is 29.1 Å². The first kappa shape index (κ1) is 31.9. The largest absolute Gasteiger partial charge is 0.344 e. The Labute approximate surface area is 253 Å². The molecule has 3 N–H and O–H groups in total. The van der Waals surface area contributed by atoms with Gasteiger partial charge in [-0.15, -0.1) is 11.3 Å². The highest BCUT2D eigenvalue weighted by Crippen LogP contribution is 2.32. The van der Waals surface area contributed by atoms with Gasteiger partial charge in [0, 0.05) is 11.6 Å². The van der Waals surface area contributed by atoms with E-state index in [4.69, 9.17) is 0 Å². The number of carbonyl (C=O) groups is 4. The summed E-state index contributed by atoms with van der Waals surface area (Å²) in [6, 6.07) is 5.60. The third-order valence-electron chi connectivity index (χ3n) is 8.19. The van der Waals surface area contributed by atoms with Gasteiger partial charge in [-0.3, -0.25) is 14.4 Å². The average Bonchev–Trinajstić information content (AvgIpc) is 3.55. The molecule has 4 amide bonds. The molecular weight excluding hydrogens is 550 g/mol. The quantitative estimate of drug-likeness (QED) is 0.315. The van der Waals surface area contributed by atoms with Crippen molar-refractivity contribution < 1.29 is 19.2 Å². The number of aromatic nitrogens is 1. The number of hydrogen-bond acceptors (Lipinski definition) is 6. The number of ketones is 1. The number of urea groups is 1. The van der Waals surface area contributed by atoms with Crippen LogP contribution >= 0.6 is 11.3 Å². The minimum absolute atomic E-state index is 0.0920. The molecule has 0 bridgehead atoms. The van der Waals surface area contributed by atoms with E-state index in [9.17, 15) is 19.2 Å². The first-order valence-corrected chi connectivity index (χ1v) is 16.1. The average molecular weight is 598 g/mol. The highest BCUT2D eigenvalue weighted by Gasteiger charge is 2.40. The van der Waals surface area contributed by atoms with Gasteiger partial charge >= 0.3 is 6.03 Å². The minimum atomic E-state index is -0.830. The Morgan fingerprint density at radius 2 is 1.62 bits per heavy atom. The molecule has 0 saturated heterocycles. The van der Waals surface area contributed by atoms with E-state index in [1.807, 2.05) is 65.8 Å². The summed E-state index contributed by atoms with van der Waals surface area (Å²) in [5.74, 6) is -0.428. The van der Waals surface area contributed by atoms with Crippen molar-refractivity contribution >= 4 is 45.2 Å². The molecule has 0 aliphatic heterocycles. The topological polar surface area (TPSA) is 121 Å². The fourth-order valence-electron chi connectivity index (χ4n) is 5.74. The normalized spacial score (nSPS) is 17.8. The highest BCUT2D eigenvalue weighted by molar-refractivity contribution is 7.20. The predicted octanol–water partition coefficient (Wildman–Crippen LogP) is 5.44. The summed E-state index contributed by atoms with van der Waals surface area (Å²) in [5, 5.41) is 9.16. The van der Waals surface area contributed by atoms with Gasteiger partial charge in [-0.25, -0.2) is 9.78 Å². The van der Waals surface area contributed by atoms with Crippen molar-refractivity contribution in [2.45, 2.75) is 117 Å². The van der Waals surface area contributed by atoms with Crippen molar-refractivity contribution in [3.05, 3.63) is 29.3 Å². The van der Waals surface area contributed by atoms with E-state index in [0.717, 1.165) is 55.2 Å². The second kappa shape index (κ2) is 13.1. The van der Waals surface area contributed by atoms with Crippen molar-refractivity contribution in [1.29, 1.82) is 0 Å². The van der Waals surface area contributed by atoms with Crippen LogP contribution in [0.4, 0.5) is 4.79 Å². The molecule has 2 aliphatic carbocycles. The number of thiazole rings is 1. The van der Waals surface area contributed by atoms with Crippen LogP contribution in [0.15, 0.2) is 24.3 Å². The first-order chi connectivity index (χ1) is 19.7. The van der Waals surface area contributed by atoms with Crippen molar-refractivity contribution in [3.8, 4) is 0 Å². The highest BCUT2D eigenvalue weighted by atomic mass is 32.1. The Kier molecular flexibility index (Phi) is 9.96. The Hall–Kier alpha value is -3.01. The molecular formula is C32H47N5O4S. The van der Waals surface area contributed by atoms with E-state index >= 15 is 0 Å². The molecule has 230 valence electrons. The third kappa shape index (κ3) is 8.30. The molecule has 2 aliphatic rings. The molecule has 1 heterocycles. The van der Waals surface area contributed by atoms with Crippen LogP contribution in [0.5, 0.6) is 0 Å². The number of fused-ring (bicyclic) bond motifs is 1. The van der Waals surface area contributed by atoms with E-state index in [1.165, 1.54) is 11.3 Å². The molecule has 1 aromatic carbocycles. The summed E-state index contributed by atoms with van der Waals surface area (Å²) in [6.45, 7) is 11.2. The number of carbonyl (C=O) groups excluding carboxylic acids is 4. The molecule has 42 heavy (non-hydrogen) atoms. The lowest BCUT2D eigenvalue weighted by Crippen LogP contribution is -2.61. The van der Waals surface area contributed by atoms with Crippen molar-refractivity contribution in [1.82, 2.24) is 25.8 Å². The third-order valence-corrected chi connectivity index (χ3v) is 9.24. The van der Waals surface area contributed by atoms with Crippen LogP contribution in [0.3, 0.4) is 0 Å². The Bertz CT molecular complexity index is 1250. The Morgan fingerprint density at radius 3 is 2.19 bits per heavy atom. The van der Waals surface area contributed by atoms with Crippen molar-refractivity contribution in [2.75, 3.05) is 6.54 Å². The Balaban J connectivity index is 1.53. The summed E-state index contributed by atoms with van der Waals surface area (Å²) in [7, 11) is 0. The molecule has 9 nitrogen and oxygen atoms in total. The SMILES string of the molecule is CC(C)(C)NC(=O)N[C@H](C(=O)N(CC(=O)NC(CC1CCC1)C(=O)c1nc2ccccc2s1)C1CCCC1)C(C)(C)C. The number of hydrogen-bond donors (Lipinski definition) is 3. The zero-order chi connectivity index (χ0) is 30.7. The summed E-state index contributed by atoms with van der Waals surface area (Å²) in [6.07, 6.45) is 7.36. The maximum Gasteiger partial charge on any atom is 0.315 e. The van der Waals surface area contributed by atoms with Crippen molar-refractivity contribution in [3.63, 3.8) is 0 Å². The van der Waals surface area contributed by atoms with Gasteiger partial charge in [-0.05, 0) is 63.5 Å². The van der Waals surface area contributed by atoms with Gasteiger partial charge in [-0.1, -0.05) is 65.0 Å². The van der Waals surface area contributed by atoms with E-state index in [1.54, 1.807) is 4.90 Å². The van der Waals surface area contributed by atoms with Crippen LogP contribution < -0.4 is 16.0 Å². The van der Waals surface area contributed by atoms with E-state index in [-0.39, 0.29) is 30.2 Å².